The van der Waals surface area contributed by atoms with Gasteiger partial charge in [0.25, 0.3) is 0 Å². The number of guanidine groups is 1. The van der Waals surface area contributed by atoms with Gasteiger partial charge in [0.2, 0.25) is 0 Å². The van der Waals surface area contributed by atoms with Gasteiger partial charge in [0.15, 0.2) is 5.96 Å². The van der Waals surface area contributed by atoms with Crippen LogP contribution in [0.4, 0.5) is 5.69 Å². The topological polar surface area (TPSA) is 36.4 Å². The van der Waals surface area contributed by atoms with Crippen molar-refractivity contribution in [2.24, 2.45) is 4.99 Å². The van der Waals surface area contributed by atoms with Crippen LogP contribution in [0.5, 0.6) is 0 Å². The van der Waals surface area contributed by atoms with E-state index < -0.39 is 0 Å². The van der Waals surface area contributed by atoms with Crippen molar-refractivity contribution in [2.45, 2.75) is 81.2 Å². The predicted molar refractivity (Wildman–Crippen MR) is 102 cm³/mol. The molecule has 3 rings (SSSR count). The van der Waals surface area contributed by atoms with Crippen LogP contribution < -0.4 is 10.6 Å². The first-order valence-corrected chi connectivity index (χ1v) is 9.65. The quantitative estimate of drug-likeness (QED) is 0.414. The van der Waals surface area contributed by atoms with E-state index in [0.29, 0.717) is 12.1 Å². The van der Waals surface area contributed by atoms with Gasteiger partial charge in [-0.2, -0.15) is 0 Å². The Morgan fingerprint density at radius 2 is 1.57 bits per heavy atom. The highest BCUT2D eigenvalue weighted by Crippen LogP contribution is 2.23. The maximum atomic E-state index is 5.03. The van der Waals surface area contributed by atoms with Gasteiger partial charge in [-0.1, -0.05) is 50.7 Å². The summed E-state index contributed by atoms with van der Waals surface area (Å²) < 4.78 is 0. The fourth-order valence-corrected chi connectivity index (χ4v) is 3.86. The lowest BCUT2D eigenvalue weighted by Gasteiger charge is -2.27. The van der Waals surface area contributed by atoms with E-state index in [2.05, 4.69) is 29.3 Å². The van der Waals surface area contributed by atoms with Crippen molar-refractivity contribution in [2.75, 3.05) is 5.32 Å². The number of nitrogens with zero attached hydrogens (tertiary/aromatic N) is 1. The summed E-state index contributed by atoms with van der Waals surface area (Å²) in [5, 5.41) is 7.19. The van der Waals surface area contributed by atoms with Crippen molar-refractivity contribution in [3.05, 3.63) is 24.3 Å². The molecule has 126 valence electrons. The van der Waals surface area contributed by atoms with Crippen molar-refractivity contribution in [3.8, 4) is 0 Å². The van der Waals surface area contributed by atoms with Gasteiger partial charge in [0.1, 0.15) is 0 Å². The summed E-state index contributed by atoms with van der Waals surface area (Å²) in [5.41, 5.74) is 1.04. The normalized spacial score (nSPS) is 21.2. The van der Waals surface area contributed by atoms with E-state index in [1.54, 1.807) is 0 Å². The van der Waals surface area contributed by atoms with E-state index in [4.69, 9.17) is 4.99 Å². The molecule has 2 fully saturated rings. The van der Waals surface area contributed by atoms with Crippen LogP contribution >= 0.6 is 12.6 Å². The number of anilines is 1. The van der Waals surface area contributed by atoms with Crippen molar-refractivity contribution in [3.63, 3.8) is 0 Å². The van der Waals surface area contributed by atoms with Gasteiger partial charge >= 0.3 is 0 Å². The Hall–Kier alpha value is -1.16. The van der Waals surface area contributed by atoms with Gasteiger partial charge in [0.05, 0.1) is 11.7 Å². The fourth-order valence-electron chi connectivity index (χ4n) is 3.65. The number of nitrogens with one attached hydrogen (secondary N) is 2. The molecule has 0 amide bonds. The van der Waals surface area contributed by atoms with Gasteiger partial charge < -0.3 is 10.6 Å². The molecule has 0 spiro atoms. The lowest BCUT2D eigenvalue weighted by Crippen LogP contribution is -2.41. The summed E-state index contributed by atoms with van der Waals surface area (Å²) in [6.45, 7) is 0. The predicted octanol–water partition coefficient (Wildman–Crippen LogP) is 5.00. The lowest BCUT2D eigenvalue weighted by molar-refractivity contribution is 0.408. The molecule has 1 aromatic rings. The Bertz CT molecular complexity index is 517. The van der Waals surface area contributed by atoms with Crippen molar-refractivity contribution < 1.29 is 0 Å². The van der Waals surface area contributed by atoms with Crippen LogP contribution in [0.15, 0.2) is 34.2 Å². The van der Waals surface area contributed by atoms with E-state index in [0.717, 1.165) is 16.5 Å². The van der Waals surface area contributed by atoms with E-state index in [1.807, 2.05) is 18.2 Å². The van der Waals surface area contributed by atoms with Crippen molar-refractivity contribution in [1.29, 1.82) is 0 Å². The molecule has 0 saturated heterocycles. The number of para-hydroxylation sites is 1. The number of hydrogen-bond donors (Lipinski definition) is 3. The Labute approximate surface area is 145 Å². The first-order valence-electron chi connectivity index (χ1n) is 9.20. The van der Waals surface area contributed by atoms with Crippen LogP contribution in [-0.2, 0) is 0 Å². The second-order valence-electron chi connectivity index (χ2n) is 6.89. The van der Waals surface area contributed by atoms with Gasteiger partial charge in [-0.25, -0.2) is 4.99 Å². The van der Waals surface area contributed by atoms with Crippen molar-refractivity contribution in [1.82, 2.24) is 5.32 Å². The third-order valence-corrected chi connectivity index (χ3v) is 5.38. The van der Waals surface area contributed by atoms with Gasteiger partial charge in [-0.3, -0.25) is 0 Å². The molecule has 3 nitrogen and oxygen atoms in total. The summed E-state index contributed by atoms with van der Waals surface area (Å²) in [4.78, 5) is 5.99. The molecule has 0 aliphatic heterocycles. The van der Waals surface area contributed by atoms with Gasteiger partial charge in [-0.05, 0) is 37.8 Å². The molecule has 0 unspecified atom stereocenters. The average molecular weight is 332 g/mol. The summed E-state index contributed by atoms with van der Waals surface area (Å²) >= 11 is 4.56. The Morgan fingerprint density at radius 3 is 2.26 bits per heavy atom. The Balaban J connectivity index is 1.71. The molecule has 2 aliphatic rings. The zero-order chi connectivity index (χ0) is 15.9. The Kier molecular flexibility index (Phi) is 6.26. The van der Waals surface area contributed by atoms with Crippen LogP contribution in [0.3, 0.4) is 0 Å². The molecular formula is C19H29N3S. The zero-order valence-corrected chi connectivity index (χ0v) is 14.8. The molecule has 2 aliphatic carbocycles. The number of hydrogen-bond acceptors (Lipinski definition) is 2. The fraction of sp³-hybridized carbons (Fsp3) is 0.632. The molecule has 0 radical (unpaired) electrons. The lowest BCUT2D eigenvalue weighted by atomic mass is 9.95. The van der Waals surface area contributed by atoms with Crippen LogP contribution in [0.1, 0.15) is 64.2 Å². The van der Waals surface area contributed by atoms with Gasteiger partial charge in [0, 0.05) is 10.9 Å². The number of thiol groups is 1. The van der Waals surface area contributed by atoms with Gasteiger partial charge in [-0.15, -0.1) is 12.6 Å². The molecule has 2 N–H and O–H groups in total. The first kappa shape index (κ1) is 16.7. The molecule has 0 heterocycles. The molecule has 2 saturated carbocycles. The maximum Gasteiger partial charge on any atom is 0.196 e. The number of rotatable bonds is 3. The number of benzene rings is 1. The van der Waals surface area contributed by atoms with E-state index in [9.17, 15) is 0 Å². The van der Waals surface area contributed by atoms with Crippen LogP contribution in [0, 0.1) is 0 Å². The molecule has 0 bridgehead atoms. The third-order valence-electron chi connectivity index (χ3n) is 4.99. The first-order chi connectivity index (χ1) is 11.3. The highest BCUT2D eigenvalue weighted by atomic mass is 32.1. The zero-order valence-electron chi connectivity index (χ0n) is 13.9. The van der Waals surface area contributed by atoms with E-state index in [1.165, 1.54) is 64.2 Å². The largest absolute Gasteiger partial charge is 0.353 e. The summed E-state index contributed by atoms with van der Waals surface area (Å²) in [7, 11) is 0. The molecule has 23 heavy (non-hydrogen) atoms. The average Bonchev–Trinajstić information content (AvgIpc) is 2.59. The summed E-state index contributed by atoms with van der Waals surface area (Å²) in [6, 6.07) is 9.17. The highest BCUT2D eigenvalue weighted by Gasteiger charge is 2.18. The minimum absolute atomic E-state index is 0.467. The number of aliphatic imine (C=N–C) groups is 1. The minimum atomic E-state index is 0.467. The SMILES string of the molecule is Sc1ccccc1NC(=NC1CCCCC1)NC1CCCCC1. The standard InChI is InChI=1S/C19H29N3S/c23-18-14-8-7-13-17(18)22-19(20-15-9-3-1-4-10-15)21-16-11-5-2-6-12-16/h7-8,13-16,23H,1-6,9-12H2,(H2,20,21,22). The monoisotopic (exact) mass is 331 g/mol. The maximum absolute atomic E-state index is 5.03. The van der Waals surface area contributed by atoms with Crippen LogP contribution in [0.25, 0.3) is 0 Å². The summed E-state index contributed by atoms with van der Waals surface area (Å²) in [5.74, 6) is 0.949. The Morgan fingerprint density at radius 1 is 0.913 bits per heavy atom. The third kappa shape index (κ3) is 5.17. The second kappa shape index (κ2) is 8.62. The van der Waals surface area contributed by atoms with Crippen LogP contribution in [-0.4, -0.2) is 18.0 Å². The second-order valence-corrected chi connectivity index (χ2v) is 7.37. The highest BCUT2D eigenvalue weighted by molar-refractivity contribution is 7.80. The van der Waals surface area contributed by atoms with E-state index >= 15 is 0 Å². The minimum Gasteiger partial charge on any atom is -0.353 e. The smallest absolute Gasteiger partial charge is 0.196 e. The molecule has 0 aromatic heterocycles. The van der Waals surface area contributed by atoms with Crippen molar-refractivity contribution >= 4 is 24.3 Å². The van der Waals surface area contributed by atoms with Crippen LogP contribution in [0.2, 0.25) is 0 Å². The molecule has 1 aromatic carbocycles. The summed E-state index contributed by atoms with van der Waals surface area (Å²) in [6.07, 6.45) is 13.0. The molecule has 0 atom stereocenters. The van der Waals surface area contributed by atoms with E-state index in [-0.39, 0.29) is 0 Å². The molecule has 4 heteroatoms. The molecular weight excluding hydrogens is 302 g/mol.